The Hall–Kier alpha value is -3.55. The molecule has 1 amide bonds. The van der Waals surface area contributed by atoms with E-state index in [2.05, 4.69) is 15.5 Å². The predicted molar refractivity (Wildman–Crippen MR) is 91.3 cm³/mol. The molecule has 0 unspecified atom stereocenters. The predicted octanol–water partition coefficient (Wildman–Crippen LogP) is 2.52. The summed E-state index contributed by atoms with van der Waals surface area (Å²) in [5.74, 6) is 1.62. The van der Waals surface area contributed by atoms with E-state index in [-0.39, 0.29) is 18.5 Å². The van der Waals surface area contributed by atoms with Crippen molar-refractivity contribution in [1.29, 1.82) is 0 Å². The molecule has 0 spiro atoms. The molecule has 26 heavy (non-hydrogen) atoms. The summed E-state index contributed by atoms with van der Waals surface area (Å²) in [6.07, 6.45) is -0.808. The molecule has 1 aliphatic heterocycles. The first-order chi connectivity index (χ1) is 12.7. The van der Waals surface area contributed by atoms with Gasteiger partial charge in [0.05, 0.1) is 7.11 Å². The van der Waals surface area contributed by atoms with Crippen molar-refractivity contribution in [2.45, 2.75) is 6.10 Å². The van der Waals surface area contributed by atoms with E-state index in [1.54, 1.807) is 49.6 Å². The van der Waals surface area contributed by atoms with Gasteiger partial charge in [0.2, 0.25) is 12.0 Å². The number of fused-ring (bicyclic) bond motifs is 1. The van der Waals surface area contributed by atoms with Crippen LogP contribution in [-0.4, -0.2) is 35.9 Å². The number of ether oxygens (including phenoxy) is 3. The molecule has 2 aromatic carbocycles. The van der Waals surface area contributed by atoms with Gasteiger partial charge in [-0.05, 0) is 30.3 Å². The van der Waals surface area contributed by atoms with Crippen LogP contribution in [0.25, 0.3) is 11.5 Å². The number of hydrogen-bond acceptors (Lipinski definition) is 7. The Morgan fingerprint density at radius 2 is 2.00 bits per heavy atom. The minimum absolute atomic E-state index is 0.0183. The number of methoxy groups -OCH3 is 1. The standard InChI is InChI=1S/C18H15N3O5/c1-23-12-6-4-5-11(9-12)17-20-21-18(26-17)19-16(22)15-10-24-13-7-2-3-8-14(13)25-15/h2-9,15H,10H2,1H3,(H,19,21,22)/t15-/m1/s1. The molecular formula is C18H15N3O5. The van der Waals surface area contributed by atoms with Gasteiger partial charge in [0.1, 0.15) is 12.4 Å². The fraction of sp³-hybridized carbons (Fsp3) is 0.167. The Bertz CT molecular complexity index is 940. The molecule has 0 fully saturated rings. The van der Waals surface area contributed by atoms with Crippen molar-refractivity contribution in [2.24, 2.45) is 0 Å². The highest BCUT2D eigenvalue weighted by Gasteiger charge is 2.28. The maximum Gasteiger partial charge on any atom is 0.322 e. The molecule has 3 aromatic rings. The summed E-state index contributed by atoms with van der Waals surface area (Å²) in [6, 6.07) is 14.3. The van der Waals surface area contributed by atoms with Gasteiger partial charge < -0.3 is 18.6 Å². The van der Waals surface area contributed by atoms with Gasteiger partial charge in [0.15, 0.2) is 11.5 Å². The zero-order chi connectivity index (χ0) is 17.9. The highest BCUT2D eigenvalue weighted by Crippen LogP contribution is 2.31. The number of amides is 1. The van der Waals surface area contributed by atoms with Gasteiger partial charge in [0.25, 0.3) is 5.91 Å². The quantitative estimate of drug-likeness (QED) is 0.770. The second-order valence-corrected chi connectivity index (χ2v) is 5.50. The molecule has 8 nitrogen and oxygen atoms in total. The molecule has 4 rings (SSSR count). The van der Waals surface area contributed by atoms with Gasteiger partial charge >= 0.3 is 6.01 Å². The summed E-state index contributed by atoms with van der Waals surface area (Å²) in [5.41, 5.74) is 0.684. The second-order valence-electron chi connectivity index (χ2n) is 5.50. The van der Waals surface area contributed by atoms with E-state index in [0.29, 0.717) is 22.8 Å². The first-order valence-corrected chi connectivity index (χ1v) is 7.90. The third kappa shape index (κ3) is 3.16. The smallest absolute Gasteiger partial charge is 0.322 e. The number of para-hydroxylation sites is 2. The summed E-state index contributed by atoms with van der Waals surface area (Å²) in [6.45, 7) is 0.0969. The lowest BCUT2D eigenvalue weighted by Crippen LogP contribution is -2.40. The third-order valence-electron chi connectivity index (χ3n) is 3.77. The number of aromatic nitrogens is 2. The third-order valence-corrected chi connectivity index (χ3v) is 3.77. The molecule has 0 bridgehead atoms. The van der Waals surface area contributed by atoms with Crippen LogP contribution in [0.4, 0.5) is 6.01 Å². The Morgan fingerprint density at radius 3 is 2.85 bits per heavy atom. The average Bonchev–Trinajstić information content (AvgIpc) is 3.16. The monoisotopic (exact) mass is 353 g/mol. The van der Waals surface area contributed by atoms with Gasteiger partial charge in [-0.2, -0.15) is 0 Å². The zero-order valence-corrected chi connectivity index (χ0v) is 13.8. The van der Waals surface area contributed by atoms with Crippen LogP contribution in [0.15, 0.2) is 52.9 Å². The fourth-order valence-electron chi connectivity index (χ4n) is 2.48. The summed E-state index contributed by atoms with van der Waals surface area (Å²) < 4.78 is 21.8. The van der Waals surface area contributed by atoms with E-state index in [0.717, 1.165) is 0 Å². The number of anilines is 1. The van der Waals surface area contributed by atoms with Crippen molar-refractivity contribution >= 4 is 11.9 Å². The van der Waals surface area contributed by atoms with Crippen LogP contribution in [0, 0.1) is 0 Å². The minimum atomic E-state index is -0.808. The first-order valence-electron chi connectivity index (χ1n) is 7.90. The van der Waals surface area contributed by atoms with Crippen molar-refractivity contribution < 1.29 is 23.4 Å². The minimum Gasteiger partial charge on any atom is -0.497 e. The van der Waals surface area contributed by atoms with E-state index in [4.69, 9.17) is 18.6 Å². The van der Waals surface area contributed by atoms with Crippen LogP contribution in [0.1, 0.15) is 0 Å². The van der Waals surface area contributed by atoms with Crippen molar-refractivity contribution in [3.63, 3.8) is 0 Å². The van der Waals surface area contributed by atoms with E-state index in [9.17, 15) is 4.79 Å². The van der Waals surface area contributed by atoms with Crippen LogP contribution in [0.2, 0.25) is 0 Å². The highest BCUT2D eigenvalue weighted by molar-refractivity contribution is 5.93. The number of rotatable bonds is 4. The summed E-state index contributed by atoms with van der Waals surface area (Å²) in [7, 11) is 1.57. The van der Waals surface area contributed by atoms with Crippen molar-refractivity contribution in [1.82, 2.24) is 10.2 Å². The van der Waals surface area contributed by atoms with E-state index < -0.39 is 12.0 Å². The molecule has 0 radical (unpaired) electrons. The lowest BCUT2D eigenvalue weighted by atomic mass is 10.2. The lowest BCUT2D eigenvalue weighted by molar-refractivity contribution is -0.125. The number of nitrogens with zero attached hydrogens (tertiary/aromatic N) is 2. The Labute approximate surface area is 148 Å². The second kappa shape index (κ2) is 6.75. The Balaban J connectivity index is 1.45. The number of carbonyl (C=O) groups is 1. The number of benzene rings is 2. The zero-order valence-electron chi connectivity index (χ0n) is 13.8. The van der Waals surface area contributed by atoms with Gasteiger partial charge in [0, 0.05) is 5.56 Å². The molecule has 8 heteroatoms. The maximum atomic E-state index is 12.4. The SMILES string of the molecule is COc1cccc(-c2nnc(NC(=O)[C@H]3COc4ccccc4O3)o2)c1. The maximum absolute atomic E-state index is 12.4. The Morgan fingerprint density at radius 1 is 1.15 bits per heavy atom. The molecule has 1 atom stereocenters. The van der Waals surface area contributed by atoms with Crippen LogP contribution >= 0.6 is 0 Å². The van der Waals surface area contributed by atoms with Crippen LogP contribution < -0.4 is 19.5 Å². The number of nitrogens with one attached hydrogen (secondary N) is 1. The first kappa shape index (κ1) is 15.9. The molecule has 2 heterocycles. The molecular weight excluding hydrogens is 338 g/mol. The lowest BCUT2D eigenvalue weighted by Gasteiger charge is -2.24. The molecule has 0 saturated carbocycles. The van der Waals surface area contributed by atoms with E-state index in [1.807, 2.05) is 6.07 Å². The van der Waals surface area contributed by atoms with E-state index >= 15 is 0 Å². The average molecular weight is 353 g/mol. The highest BCUT2D eigenvalue weighted by atomic mass is 16.6. The topological polar surface area (TPSA) is 95.7 Å². The van der Waals surface area contributed by atoms with Crippen LogP contribution in [-0.2, 0) is 4.79 Å². The summed E-state index contributed by atoms with van der Waals surface area (Å²) in [5, 5.41) is 10.3. The van der Waals surface area contributed by atoms with Crippen molar-refractivity contribution in [2.75, 3.05) is 19.0 Å². The van der Waals surface area contributed by atoms with Gasteiger partial charge in [-0.1, -0.05) is 23.3 Å². The summed E-state index contributed by atoms with van der Waals surface area (Å²) >= 11 is 0. The van der Waals surface area contributed by atoms with Crippen molar-refractivity contribution in [3.05, 3.63) is 48.5 Å². The molecule has 1 aromatic heterocycles. The van der Waals surface area contributed by atoms with E-state index in [1.165, 1.54) is 0 Å². The van der Waals surface area contributed by atoms with Gasteiger partial charge in [-0.3, -0.25) is 10.1 Å². The molecule has 0 saturated heterocycles. The largest absolute Gasteiger partial charge is 0.497 e. The van der Waals surface area contributed by atoms with Gasteiger partial charge in [-0.25, -0.2) is 0 Å². The number of hydrogen-bond donors (Lipinski definition) is 1. The fourth-order valence-corrected chi connectivity index (χ4v) is 2.48. The molecule has 1 N–H and O–H groups in total. The Kier molecular flexibility index (Phi) is 4.14. The molecule has 132 valence electrons. The number of carbonyl (C=O) groups excluding carboxylic acids is 1. The molecule has 1 aliphatic rings. The van der Waals surface area contributed by atoms with Crippen LogP contribution in [0.5, 0.6) is 17.2 Å². The van der Waals surface area contributed by atoms with Crippen molar-refractivity contribution in [3.8, 4) is 28.7 Å². The normalized spacial score (nSPS) is 15.3. The van der Waals surface area contributed by atoms with Crippen LogP contribution in [0.3, 0.4) is 0 Å². The molecule has 0 aliphatic carbocycles. The summed E-state index contributed by atoms with van der Waals surface area (Å²) in [4.78, 5) is 12.4. The van der Waals surface area contributed by atoms with Gasteiger partial charge in [-0.15, -0.1) is 5.10 Å².